The molecule has 0 amide bonds. The van der Waals surface area contributed by atoms with Gasteiger partial charge in [-0.3, -0.25) is 0 Å². The maximum Gasteiger partial charge on any atom is 0.491 e. The summed E-state index contributed by atoms with van der Waals surface area (Å²) >= 11 is 56.7. The van der Waals surface area contributed by atoms with E-state index in [1.807, 2.05) is 0 Å². The number of hydrogen-bond acceptors (Lipinski definition) is 2. The van der Waals surface area contributed by atoms with Gasteiger partial charge in [0.05, 0.1) is 44.8 Å². The fraction of sp³-hybridized carbons (Fsp3) is 0.0500. The van der Waals surface area contributed by atoms with Gasteiger partial charge in [-0.1, -0.05) is 104 Å². The number of carbonyl (C=O) groups excluding carboxylic acids is 1. The maximum atomic E-state index is 13.6. The number of carbonyl (C=O) groups is 1. The highest BCUT2D eigenvalue weighted by molar-refractivity contribution is 8.30. The summed E-state index contributed by atoms with van der Waals surface area (Å²) in [4.78, 5) is 11.4. The topological polar surface area (TPSA) is 26.3 Å². The zero-order chi connectivity index (χ0) is 26.5. The summed E-state index contributed by atoms with van der Waals surface area (Å²) in [6, 6.07) is 7.02. The molecule has 0 aliphatic carbocycles. The normalized spacial score (nSPS) is 12.6. The summed E-state index contributed by atoms with van der Waals surface area (Å²) in [6.07, 6.45) is -5.47. The Morgan fingerprint density at radius 1 is 0.571 bits per heavy atom. The van der Waals surface area contributed by atoms with E-state index in [0.29, 0.717) is 0 Å². The van der Waals surface area contributed by atoms with Gasteiger partial charge in [0.1, 0.15) is 0 Å². The smallest absolute Gasteiger partial charge is 0.395 e. The van der Waals surface area contributed by atoms with E-state index >= 15 is 0 Å². The lowest BCUT2D eigenvalue weighted by atomic mass is 10.3. The second-order valence-corrected chi connectivity index (χ2v) is 12.8. The first-order chi connectivity index (χ1) is 16.1. The van der Waals surface area contributed by atoms with Crippen molar-refractivity contribution in [3.05, 3.63) is 81.6 Å². The van der Waals surface area contributed by atoms with Crippen molar-refractivity contribution in [2.24, 2.45) is 0 Å². The first-order valence-electron chi connectivity index (χ1n) is 8.67. The second kappa shape index (κ2) is 10.9. The standard InChI is InChI=1S/C20H6Cl9F3O2S/c21-7-1-10(24)16(11(25)2-7)35(34-19(33)20(30,31)32,17-12(26)3-8(22)4-13(17)27)18-14(28)5-9(23)6-15(18)29/h1-6H. The quantitative estimate of drug-likeness (QED) is 0.273. The number of rotatable bonds is 4. The van der Waals surface area contributed by atoms with Gasteiger partial charge < -0.3 is 4.18 Å². The molecule has 0 fully saturated rings. The molecular formula is C20H6Cl9F3O2S. The Labute approximate surface area is 243 Å². The highest BCUT2D eigenvalue weighted by atomic mass is 35.5. The minimum atomic E-state index is -5.47. The van der Waals surface area contributed by atoms with Crippen molar-refractivity contribution in [3.63, 3.8) is 0 Å². The Balaban J connectivity index is 2.68. The molecule has 15 heteroatoms. The summed E-state index contributed by atoms with van der Waals surface area (Å²) < 4.78 is 46.0. The van der Waals surface area contributed by atoms with Crippen LogP contribution in [0.2, 0.25) is 45.2 Å². The van der Waals surface area contributed by atoms with E-state index in [1.165, 1.54) is 36.4 Å². The van der Waals surface area contributed by atoms with Crippen molar-refractivity contribution in [1.82, 2.24) is 0 Å². The second-order valence-electron chi connectivity index (χ2n) is 6.52. The fourth-order valence-corrected chi connectivity index (χ4v) is 10.6. The number of benzene rings is 3. The zero-order valence-electron chi connectivity index (χ0n) is 16.2. The van der Waals surface area contributed by atoms with Gasteiger partial charge in [-0.15, -0.1) is 0 Å². The van der Waals surface area contributed by atoms with E-state index in [4.69, 9.17) is 109 Å². The molecule has 0 aliphatic heterocycles. The molecule has 0 bridgehead atoms. The molecule has 0 spiro atoms. The van der Waals surface area contributed by atoms with E-state index in [1.54, 1.807) is 0 Å². The predicted molar refractivity (Wildman–Crippen MR) is 139 cm³/mol. The van der Waals surface area contributed by atoms with Crippen molar-refractivity contribution >= 4 is 121 Å². The van der Waals surface area contributed by atoms with E-state index in [9.17, 15) is 18.0 Å². The number of alkyl halides is 3. The largest absolute Gasteiger partial charge is 0.491 e. The molecule has 3 rings (SSSR count). The van der Waals surface area contributed by atoms with E-state index < -0.39 is 22.5 Å². The summed E-state index contributed by atoms with van der Waals surface area (Å²) in [5.41, 5.74) is 0. The number of hydrogen-bond donors (Lipinski definition) is 0. The van der Waals surface area contributed by atoms with Gasteiger partial charge in [0.15, 0.2) is 0 Å². The molecule has 2 nitrogen and oxygen atoms in total. The van der Waals surface area contributed by atoms with Crippen LogP contribution < -0.4 is 0 Å². The maximum absolute atomic E-state index is 13.6. The van der Waals surface area contributed by atoms with Crippen LogP contribution in [0.5, 0.6) is 0 Å². The van der Waals surface area contributed by atoms with E-state index in [2.05, 4.69) is 0 Å². The molecule has 0 aliphatic rings. The van der Waals surface area contributed by atoms with Crippen LogP contribution in [0.25, 0.3) is 0 Å². The summed E-state index contributed by atoms with van der Waals surface area (Å²) in [7, 11) is -4.09. The minimum Gasteiger partial charge on any atom is -0.395 e. The Morgan fingerprint density at radius 2 is 0.800 bits per heavy atom. The first kappa shape index (κ1) is 29.4. The molecule has 0 N–H and O–H groups in total. The number of halogens is 12. The third-order valence-corrected chi connectivity index (χ3v) is 10.7. The van der Waals surface area contributed by atoms with Gasteiger partial charge in [0.2, 0.25) is 0 Å². The Hall–Kier alpha value is -0.120. The van der Waals surface area contributed by atoms with Gasteiger partial charge >= 0.3 is 12.1 Å². The molecule has 0 heterocycles. The molecule has 0 saturated carbocycles. The van der Waals surface area contributed by atoms with Crippen molar-refractivity contribution in [3.8, 4) is 0 Å². The third-order valence-electron chi connectivity index (χ3n) is 4.18. The summed E-state index contributed by atoms with van der Waals surface area (Å²) in [6.45, 7) is 0. The lowest BCUT2D eigenvalue weighted by Gasteiger charge is -2.42. The summed E-state index contributed by atoms with van der Waals surface area (Å²) in [5.74, 6) is -2.63. The predicted octanol–water partition coefficient (Wildman–Crippen LogP) is 11.9. The SMILES string of the molecule is O=C(OS(c1c(Cl)cc(Cl)cc1Cl)(c1c(Cl)cc(Cl)cc1Cl)c1c(Cl)cc(Cl)cc1Cl)C(F)(F)F. The van der Waals surface area contributed by atoms with Gasteiger partial charge in [-0.2, -0.15) is 13.2 Å². The molecule has 3 aromatic rings. The third kappa shape index (κ3) is 5.83. The Morgan fingerprint density at radius 3 is 1.00 bits per heavy atom. The van der Waals surface area contributed by atoms with E-state index in [-0.39, 0.29) is 59.9 Å². The van der Waals surface area contributed by atoms with Crippen LogP contribution in [0.3, 0.4) is 0 Å². The van der Waals surface area contributed by atoms with Gasteiger partial charge in [-0.25, -0.2) is 4.79 Å². The van der Waals surface area contributed by atoms with Crippen LogP contribution in [0.1, 0.15) is 0 Å². The molecule has 0 radical (unpaired) electrons. The molecule has 0 unspecified atom stereocenters. The average Bonchev–Trinajstić information content (AvgIpc) is 2.64. The van der Waals surface area contributed by atoms with Crippen molar-refractivity contribution in [1.29, 1.82) is 0 Å². The van der Waals surface area contributed by atoms with Crippen molar-refractivity contribution in [2.75, 3.05) is 0 Å². The monoisotopic (exact) mass is 682 g/mol. The molecule has 188 valence electrons. The molecular weight excluding hydrogens is 680 g/mol. The minimum absolute atomic E-state index is 0.0285. The van der Waals surface area contributed by atoms with Crippen LogP contribution in [0.4, 0.5) is 13.2 Å². The van der Waals surface area contributed by atoms with Crippen LogP contribution in [0.15, 0.2) is 51.1 Å². The first-order valence-corrected chi connectivity index (χ1v) is 13.6. The van der Waals surface area contributed by atoms with Crippen LogP contribution in [-0.2, 0) is 8.98 Å². The van der Waals surface area contributed by atoms with Gasteiger partial charge in [0.25, 0.3) is 0 Å². The fourth-order valence-electron chi connectivity index (χ4n) is 3.00. The zero-order valence-corrected chi connectivity index (χ0v) is 23.8. The van der Waals surface area contributed by atoms with Crippen molar-refractivity contribution in [2.45, 2.75) is 20.9 Å². The van der Waals surface area contributed by atoms with Gasteiger partial charge in [-0.05, 0) is 36.4 Å². The van der Waals surface area contributed by atoms with Gasteiger partial charge in [0, 0.05) is 25.4 Å². The Bertz CT molecular complexity index is 1140. The highest BCUT2D eigenvalue weighted by Crippen LogP contribution is 2.77. The van der Waals surface area contributed by atoms with Crippen LogP contribution in [0, 0.1) is 0 Å². The molecule has 35 heavy (non-hydrogen) atoms. The van der Waals surface area contributed by atoms with Crippen LogP contribution in [-0.4, -0.2) is 12.1 Å². The van der Waals surface area contributed by atoms with Crippen LogP contribution >= 0.6 is 115 Å². The molecule has 3 aromatic carbocycles. The lowest BCUT2D eigenvalue weighted by Crippen LogP contribution is -2.28. The highest BCUT2D eigenvalue weighted by Gasteiger charge is 2.51. The van der Waals surface area contributed by atoms with Crippen molar-refractivity contribution < 1.29 is 22.1 Å². The lowest BCUT2D eigenvalue weighted by molar-refractivity contribution is -0.188. The van der Waals surface area contributed by atoms with E-state index in [0.717, 1.165) is 0 Å². The molecule has 0 aromatic heterocycles. The average molecular weight is 686 g/mol. The summed E-state index contributed by atoms with van der Waals surface area (Å²) in [5, 5.41) is -1.68. The Kier molecular flexibility index (Phi) is 9.20. The molecule has 0 saturated heterocycles. The molecule has 0 atom stereocenters.